The molecule has 2 rings (SSSR count). The van der Waals surface area contributed by atoms with Crippen molar-refractivity contribution in [1.29, 1.82) is 5.26 Å². The average Bonchev–Trinajstić information content (AvgIpc) is 2.64. The van der Waals surface area contributed by atoms with Gasteiger partial charge in [0.25, 0.3) is 5.91 Å². The molecule has 0 atom stereocenters. The van der Waals surface area contributed by atoms with Gasteiger partial charge in [0, 0.05) is 0 Å². The van der Waals surface area contributed by atoms with E-state index in [1.165, 1.54) is 7.11 Å². The van der Waals surface area contributed by atoms with Crippen LogP contribution >= 0.6 is 0 Å². The molecule has 0 fully saturated rings. The minimum Gasteiger partial charge on any atom is -0.496 e. The minimum atomic E-state index is -0.764. The zero-order valence-electron chi connectivity index (χ0n) is 15.6. The van der Waals surface area contributed by atoms with Crippen LogP contribution in [0.2, 0.25) is 0 Å². The molecule has 7 heteroatoms. The molecule has 0 aromatic heterocycles. The Morgan fingerprint density at radius 2 is 1.74 bits per heavy atom. The number of nitrogens with zero attached hydrogens (tertiary/aromatic N) is 1. The predicted molar refractivity (Wildman–Crippen MR) is 100.0 cm³/mol. The Balaban J connectivity index is 2.17. The summed E-state index contributed by atoms with van der Waals surface area (Å²) in [5.41, 5.74) is 6.21. The smallest absolute Gasteiger partial charge is 0.426 e. The molecule has 0 bridgehead atoms. The van der Waals surface area contributed by atoms with Gasteiger partial charge in [-0.25, -0.2) is 10.2 Å². The van der Waals surface area contributed by atoms with E-state index in [-0.39, 0.29) is 5.56 Å². The molecule has 2 aromatic rings. The number of hydrogen-bond acceptors (Lipinski definition) is 5. The Labute approximate surface area is 157 Å². The van der Waals surface area contributed by atoms with Crippen LogP contribution in [0.15, 0.2) is 42.5 Å². The van der Waals surface area contributed by atoms with Gasteiger partial charge in [-0.1, -0.05) is 18.2 Å². The molecule has 0 spiro atoms. The Kier molecular flexibility index (Phi) is 6.03. The lowest BCUT2D eigenvalue weighted by atomic mass is 10.0. The van der Waals surface area contributed by atoms with E-state index >= 15 is 0 Å². The quantitative estimate of drug-likeness (QED) is 0.810. The van der Waals surface area contributed by atoms with E-state index in [1.54, 1.807) is 57.2 Å². The topological polar surface area (TPSA) is 100 Å². The molecule has 0 saturated heterocycles. The van der Waals surface area contributed by atoms with E-state index in [0.717, 1.165) is 11.1 Å². The summed E-state index contributed by atoms with van der Waals surface area (Å²) in [6, 6.07) is 14.2. The third-order valence-electron chi connectivity index (χ3n) is 3.45. The van der Waals surface area contributed by atoms with E-state index in [9.17, 15) is 9.59 Å². The highest BCUT2D eigenvalue weighted by atomic mass is 16.6. The van der Waals surface area contributed by atoms with Crippen molar-refractivity contribution in [2.24, 2.45) is 0 Å². The lowest BCUT2D eigenvalue weighted by molar-refractivity contribution is 0.0483. The molecular formula is C20H21N3O4. The van der Waals surface area contributed by atoms with E-state index < -0.39 is 17.6 Å². The molecule has 0 saturated carbocycles. The Morgan fingerprint density at radius 1 is 1.04 bits per heavy atom. The van der Waals surface area contributed by atoms with Gasteiger partial charge >= 0.3 is 6.09 Å². The van der Waals surface area contributed by atoms with Crippen LogP contribution in [-0.2, 0) is 4.74 Å². The molecule has 2 amide bonds. The van der Waals surface area contributed by atoms with Crippen LogP contribution < -0.4 is 15.6 Å². The average molecular weight is 367 g/mol. The summed E-state index contributed by atoms with van der Waals surface area (Å²) in [6.45, 7) is 5.16. The summed E-state index contributed by atoms with van der Waals surface area (Å²) < 4.78 is 10.4. The van der Waals surface area contributed by atoms with Gasteiger partial charge in [0.1, 0.15) is 11.4 Å². The number of carbonyl (C=O) groups is 2. The molecular weight excluding hydrogens is 346 g/mol. The first-order chi connectivity index (χ1) is 12.7. The van der Waals surface area contributed by atoms with Gasteiger partial charge < -0.3 is 9.47 Å². The van der Waals surface area contributed by atoms with Crippen LogP contribution in [0.25, 0.3) is 11.1 Å². The summed E-state index contributed by atoms with van der Waals surface area (Å²) in [6.07, 6.45) is -0.764. The van der Waals surface area contributed by atoms with E-state index in [2.05, 4.69) is 16.9 Å². The minimum absolute atomic E-state index is 0.244. The molecule has 0 aliphatic heterocycles. The highest BCUT2D eigenvalue weighted by Crippen LogP contribution is 2.27. The van der Waals surface area contributed by atoms with Gasteiger partial charge in [0.05, 0.1) is 24.3 Å². The number of rotatable bonds is 3. The second-order valence-corrected chi connectivity index (χ2v) is 6.69. The van der Waals surface area contributed by atoms with Gasteiger partial charge in [0.15, 0.2) is 0 Å². The SMILES string of the molecule is COc1cc(-c2cccc(C#N)c2)ccc1C(=O)NNC(=O)OC(C)(C)C. The maximum absolute atomic E-state index is 12.3. The highest BCUT2D eigenvalue weighted by Gasteiger charge is 2.18. The van der Waals surface area contributed by atoms with E-state index in [4.69, 9.17) is 14.7 Å². The fourth-order valence-electron chi connectivity index (χ4n) is 2.31. The third kappa shape index (κ3) is 5.47. The number of ether oxygens (including phenoxy) is 2. The van der Waals surface area contributed by atoms with Gasteiger partial charge in [0.2, 0.25) is 0 Å². The van der Waals surface area contributed by atoms with Crippen molar-refractivity contribution >= 4 is 12.0 Å². The number of carbonyl (C=O) groups excluding carboxylic acids is 2. The fourth-order valence-corrected chi connectivity index (χ4v) is 2.31. The highest BCUT2D eigenvalue weighted by molar-refractivity contribution is 5.98. The molecule has 0 heterocycles. The number of hydrogen-bond donors (Lipinski definition) is 2. The molecule has 0 unspecified atom stereocenters. The largest absolute Gasteiger partial charge is 0.496 e. The maximum atomic E-state index is 12.3. The van der Waals surface area contributed by atoms with Gasteiger partial charge in [-0.3, -0.25) is 10.2 Å². The zero-order chi connectivity index (χ0) is 20.0. The zero-order valence-corrected chi connectivity index (χ0v) is 15.6. The monoisotopic (exact) mass is 367 g/mol. The molecule has 27 heavy (non-hydrogen) atoms. The van der Waals surface area contributed by atoms with Crippen LogP contribution in [0.1, 0.15) is 36.7 Å². The molecule has 0 radical (unpaired) electrons. The molecule has 7 nitrogen and oxygen atoms in total. The van der Waals surface area contributed by atoms with E-state index in [0.29, 0.717) is 11.3 Å². The standard InChI is InChI=1S/C20H21N3O4/c1-20(2,3)27-19(25)23-22-18(24)16-9-8-15(11-17(16)26-4)14-7-5-6-13(10-14)12-21/h5-11H,1-4H3,(H,22,24)(H,23,25). The van der Waals surface area contributed by atoms with Crippen molar-refractivity contribution in [2.75, 3.05) is 7.11 Å². The maximum Gasteiger partial charge on any atom is 0.426 e. The van der Waals surface area contributed by atoms with Crippen molar-refractivity contribution in [1.82, 2.24) is 10.9 Å². The molecule has 140 valence electrons. The lowest BCUT2D eigenvalue weighted by Crippen LogP contribution is -2.44. The molecule has 2 aromatic carbocycles. The first kappa shape index (κ1) is 19.8. The summed E-state index contributed by atoms with van der Waals surface area (Å²) in [4.78, 5) is 24.0. The number of methoxy groups -OCH3 is 1. The van der Waals surface area contributed by atoms with Crippen LogP contribution in [-0.4, -0.2) is 24.7 Å². The van der Waals surface area contributed by atoms with Crippen LogP contribution in [0.4, 0.5) is 4.79 Å². The Hall–Kier alpha value is -3.53. The predicted octanol–water partition coefficient (Wildman–Crippen LogP) is 3.40. The van der Waals surface area contributed by atoms with Crippen molar-refractivity contribution in [3.05, 3.63) is 53.6 Å². The van der Waals surface area contributed by atoms with Crippen molar-refractivity contribution in [2.45, 2.75) is 26.4 Å². The van der Waals surface area contributed by atoms with Crippen LogP contribution in [0, 0.1) is 11.3 Å². The third-order valence-corrected chi connectivity index (χ3v) is 3.45. The fraction of sp³-hybridized carbons (Fsp3) is 0.250. The van der Waals surface area contributed by atoms with Crippen molar-refractivity contribution in [3.8, 4) is 22.9 Å². The van der Waals surface area contributed by atoms with E-state index in [1.807, 2.05) is 6.07 Å². The number of benzene rings is 2. The Morgan fingerprint density at radius 3 is 2.37 bits per heavy atom. The van der Waals surface area contributed by atoms with Gasteiger partial charge in [-0.05, 0) is 56.2 Å². The normalized spacial score (nSPS) is 10.5. The second kappa shape index (κ2) is 8.23. The second-order valence-electron chi connectivity index (χ2n) is 6.69. The van der Waals surface area contributed by atoms with Gasteiger partial charge in [-0.2, -0.15) is 5.26 Å². The Bertz CT molecular complexity index is 895. The van der Waals surface area contributed by atoms with Crippen LogP contribution in [0.3, 0.4) is 0 Å². The number of nitrogens with one attached hydrogen (secondary N) is 2. The first-order valence-electron chi connectivity index (χ1n) is 8.21. The molecule has 2 N–H and O–H groups in total. The van der Waals surface area contributed by atoms with Gasteiger partial charge in [-0.15, -0.1) is 0 Å². The lowest BCUT2D eigenvalue weighted by Gasteiger charge is -2.20. The molecule has 0 aliphatic carbocycles. The van der Waals surface area contributed by atoms with Crippen molar-refractivity contribution in [3.63, 3.8) is 0 Å². The number of hydrazine groups is 1. The summed E-state index contributed by atoms with van der Waals surface area (Å²) in [5.74, 6) is -0.214. The molecule has 0 aliphatic rings. The van der Waals surface area contributed by atoms with Crippen molar-refractivity contribution < 1.29 is 19.1 Å². The first-order valence-corrected chi connectivity index (χ1v) is 8.21. The summed E-state index contributed by atoms with van der Waals surface area (Å²) >= 11 is 0. The number of nitriles is 1. The summed E-state index contributed by atoms with van der Waals surface area (Å²) in [7, 11) is 1.45. The summed E-state index contributed by atoms with van der Waals surface area (Å²) in [5, 5.41) is 9.03. The van der Waals surface area contributed by atoms with Crippen LogP contribution in [0.5, 0.6) is 5.75 Å². The number of amides is 2.